The number of nitrogens with two attached hydrogens (primary N) is 1. The van der Waals surface area contributed by atoms with Gasteiger partial charge in [-0.05, 0) is 18.2 Å². The third-order valence-corrected chi connectivity index (χ3v) is 1.90. The summed E-state index contributed by atoms with van der Waals surface area (Å²) < 4.78 is 6.06. The molecule has 0 aliphatic rings. The molecule has 0 unspecified atom stereocenters. The molecule has 0 heterocycles. The molecular weight excluding hydrogens is 220 g/mol. The number of benzene rings is 1. The second-order valence-corrected chi connectivity index (χ2v) is 3.08. The van der Waals surface area contributed by atoms with E-state index in [1.807, 2.05) is 18.2 Å². The van der Waals surface area contributed by atoms with Gasteiger partial charge in [0.2, 0.25) is 0 Å². The quantitative estimate of drug-likeness (QED) is 0.477. The van der Waals surface area contributed by atoms with Crippen LogP contribution in [0.4, 0.5) is 0 Å². The van der Waals surface area contributed by atoms with Crippen molar-refractivity contribution in [1.29, 1.82) is 0 Å². The molecule has 64 valence electrons. The van der Waals surface area contributed by atoms with Crippen LogP contribution >= 0.6 is 15.9 Å². The smallest absolute Gasteiger partial charge is 0.127 e. The minimum Gasteiger partial charge on any atom is -0.496 e. The first kappa shape index (κ1) is 9.06. The number of rotatable bonds is 2. The van der Waals surface area contributed by atoms with E-state index in [0.717, 1.165) is 15.8 Å². The highest BCUT2D eigenvalue weighted by molar-refractivity contribution is 9.10. The molecule has 0 radical (unpaired) electrons. The predicted octanol–water partition coefficient (Wildman–Crippen LogP) is 1.75. The van der Waals surface area contributed by atoms with Crippen LogP contribution in [0.5, 0.6) is 5.75 Å². The van der Waals surface area contributed by atoms with Crippen LogP contribution in [0.15, 0.2) is 27.8 Å². The first-order valence-electron chi connectivity index (χ1n) is 3.34. The first-order valence-corrected chi connectivity index (χ1v) is 4.14. The van der Waals surface area contributed by atoms with Crippen LogP contribution in [0.3, 0.4) is 0 Å². The third kappa shape index (κ3) is 1.98. The number of hydrogen-bond acceptors (Lipinski definition) is 3. The van der Waals surface area contributed by atoms with Crippen molar-refractivity contribution in [2.75, 3.05) is 7.11 Å². The highest BCUT2D eigenvalue weighted by atomic mass is 79.9. The van der Waals surface area contributed by atoms with E-state index in [1.165, 1.54) is 0 Å². The van der Waals surface area contributed by atoms with Gasteiger partial charge < -0.3 is 10.6 Å². The van der Waals surface area contributed by atoms with Crippen molar-refractivity contribution in [1.82, 2.24) is 0 Å². The molecule has 1 aromatic carbocycles. The van der Waals surface area contributed by atoms with Gasteiger partial charge in [-0.25, -0.2) is 0 Å². The molecule has 12 heavy (non-hydrogen) atoms. The van der Waals surface area contributed by atoms with Crippen molar-refractivity contribution in [3.8, 4) is 5.75 Å². The molecule has 0 amide bonds. The average Bonchev–Trinajstić information content (AvgIpc) is 2.05. The lowest BCUT2D eigenvalue weighted by Crippen LogP contribution is -1.92. The van der Waals surface area contributed by atoms with Gasteiger partial charge >= 0.3 is 0 Å². The summed E-state index contributed by atoms with van der Waals surface area (Å²) >= 11 is 3.34. The van der Waals surface area contributed by atoms with E-state index in [2.05, 4.69) is 21.0 Å². The minimum absolute atomic E-state index is 0.757. The molecule has 0 aromatic heterocycles. The molecule has 0 aliphatic carbocycles. The van der Waals surface area contributed by atoms with Gasteiger partial charge in [0, 0.05) is 10.0 Å². The molecule has 0 saturated carbocycles. The second-order valence-electron chi connectivity index (χ2n) is 2.16. The molecule has 0 saturated heterocycles. The maximum Gasteiger partial charge on any atom is 0.127 e. The molecule has 4 heteroatoms. The van der Waals surface area contributed by atoms with E-state index in [0.29, 0.717) is 0 Å². The van der Waals surface area contributed by atoms with Crippen molar-refractivity contribution in [2.24, 2.45) is 10.9 Å². The monoisotopic (exact) mass is 228 g/mol. The summed E-state index contributed by atoms with van der Waals surface area (Å²) in [6.07, 6.45) is 1.55. The maximum atomic E-state index is 5.09. The number of hydrazone groups is 1. The van der Waals surface area contributed by atoms with E-state index in [9.17, 15) is 0 Å². The van der Waals surface area contributed by atoms with Gasteiger partial charge in [0.15, 0.2) is 0 Å². The molecule has 0 fully saturated rings. The van der Waals surface area contributed by atoms with Crippen LogP contribution in [0.2, 0.25) is 0 Å². The molecule has 3 nitrogen and oxygen atoms in total. The van der Waals surface area contributed by atoms with Crippen molar-refractivity contribution < 1.29 is 4.74 Å². The van der Waals surface area contributed by atoms with Crippen LogP contribution < -0.4 is 10.6 Å². The Hall–Kier alpha value is -1.03. The van der Waals surface area contributed by atoms with Crippen LogP contribution in [-0.4, -0.2) is 13.3 Å². The Morgan fingerprint density at radius 2 is 2.33 bits per heavy atom. The van der Waals surface area contributed by atoms with E-state index >= 15 is 0 Å². The Labute approximate surface area is 79.3 Å². The summed E-state index contributed by atoms with van der Waals surface area (Å²) in [5.74, 6) is 5.79. The van der Waals surface area contributed by atoms with Crippen molar-refractivity contribution >= 4 is 22.1 Å². The standard InChI is InChI=1S/C8H9BrN2O/c1-12-8-3-2-7(9)4-6(8)5-11-10/h2-5H,10H2,1H3/b11-5+. The number of halogens is 1. The van der Waals surface area contributed by atoms with Crippen molar-refractivity contribution in [3.05, 3.63) is 28.2 Å². The largest absolute Gasteiger partial charge is 0.496 e. The topological polar surface area (TPSA) is 47.6 Å². The number of ether oxygens (including phenoxy) is 1. The van der Waals surface area contributed by atoms with Gasteiger partial charge in [-0.3, -0.25) is 0 Å². The zero-order valence-corrected chi connectivity index (χ0v) is 8.21. The van der Waals surface area contributed by atoms with Crippen LogP contribution in [0.1, 0.15) is 5.56 Å². The second kappa shape index (κ2) is 4.11. The number of hydrogen-bond donors (Lipinski definition) is 1. The summed E-state index contributed by atoms with van der Waals surface area (Å²) in [5, 5.41) is 3.43. The Balaban J connectivity index is 3.12. The van der Waals surface area contributed by atoms with Gasteiger partial charge in [-0.2, -0.15) is 5.10 Å². The van der Waals surface area contributed by atoms with Gasteiger partial charge in [0.1, 0.15) is 5.75 Å². The lowest BCUT2D eigenvalue weighted by atomic mass is 10.2. The molecule has 0 bridgehead atoms. The summed E-state index contributed by atoms with van der Waals surface area (Å²) in [6.45, 7) is 0. The highest BCUT2D eigenvalue weighted by Crippen LogP contribution is 2.20. The molecule has 1 aromatic rings. The Kier molecular flexibility index (Phi) is 3.10. The zero-order chi connectivity index (χ0) is 8.97. The number of methoxy groups -OCH3 is 1. The number of nitrogens with zero attached hydrogens (tertiary/aromatic N) is 1. The minimum atomic E-state index is 0.757. The molecule has 2 N–H and O–H groups in total. The van der Waals surface area contributed by atoms with E-state index < -0.39 is 0 Å². The van der Waals surface area contributed by atoms with Crippen molar-refractivity contribution in [2.45, 2.75) is 0 Å². The Bertz CT molecular complexity index is 299. The SMILES string of the molecule is COc1ccc(Br)cc1/C=N/N. The summed E-state index contributed by atoms with van der Waals surface area (Å²) in [7, 11) is 1.61. The fourth-order valence-electron chi connectivity index (χ4n) is 0.886. The predicted molar refractivity (Wildman–Crippen MR) is 52.5 cm³/mol. The van der Waals surface area contributed by atoms with Crippen molar-refractivity contribution in [3.63, 3.8) is 0 Å². The lowest BCUT2D eigenvalue weighted by Gasteiger charge is -2.03. The fraction of sp³-hybridized carbons (Fsp3) is 0.125. The van der Waals surface area contributed by atoms with E-state index in [1.54, 1.807) is 13.3 Å². The summed E-state index contributed by atoms with van der Waals surface area (Å²) in [6, 6.07) is 5.63. The third-order valence-electron chi connectivity index (χ3n) is 1.41. The summed E-state index contributed by atoms with van der Waals surface area (Å²) in [4.78, 5) is 0. The maximum absolute atomic E-state index is 5.09. The van der Waals surface area contributed by atoms with Crippen LogP contribution in [0, 0.1) is 0 Å². The molecule has 0 spiro atoms. The summed E-state index contributed by atoms with van der Waals surface area (Å²) in [5.41, 5.74) is 0.856. The normalized spacial score (nSPS) is 10.5. The Morgan fingerprint density at radius 1 is 1.58 bits per heavy atom. The molecule has 0 atom stereocenters. The molecular formula is C8H9BrN2O. The van der Waals surface area contributed by atoms with E-state index in [-0.39, 0.29) is 0 Å². The van der Waals surface area contributed by atoms with Gasteiger partial charge in [0.25, 0.3) is 0 Å². The highest BCUT2D eigenvalue weighted by Gasteiger charge is 1.99. The van der Waals surface area contributed by atoms with Gasteiger partial charge in [-0.1, -0.05) is 15.9 Å². The molecule has 1 rings (SSSR count). The lowest BCUT2D eigenvalue weighted by molar-refractivity contribution is 0.414. The van der Waals surface area contributed by atoms with Crippen LogP contribution in [0.25, 0.3) is 0 Å². The molecule has 0 aliphatic heterocycles. The first-order chi connectivity index (χ1) is 5.77. The average molecular weight is 229 g/mol. The fourth-order valence-corrected chi connectivity index (χ4v) is 1.27. The van der Waals surface area contributed by atoms with Gasteiger partial charge in [-0.15, -0.1) is 0 Å². The van der Waals surface area contributed by atoms with Crippen LogP contribution in [-0.2, 0) is 0 Å². The Morgan fingerprint density at radius 3 is 2.92 bits per heavy atom. The van der Waals surface area contributed by atoms with Gasteiger partial charge in [0.05, 0.1) is 13.3 Å². The zero-order valence-electron chi connectivity index (χ0n) is 6.62. The van der Waals surface area contributed by atoms with E-state index in [4.69, 9.17) is 10.6 Å².